The highest BCUT2D eigenvalue weighted by molar-refractivity contribution is 6.30. The molecule has 0 aliphatic rings. The Labute approximate surface area is 122 Å². The highest BCUT2D eigenvalue weighted by Gasteiger charge is 2.26. The lowest BCUT2D eigenvalue weighted by molar-refractivity contribution is 0.00284. The summed E-state index contributed by atoms with van der Waals surface area (Å²) in [5.74, 6) is 0.452. The second-order valence-electron chi connectivity index (χ2n) is 5.15. The van der Waals surface area contributed by atoms with E-state index < -0.39 is 0 Å². The molecular formula is C16H26ClNO. The summed E-state index contributed by atoms with van der Waals surface area (Å²) >= 11 is 6.12. The SMILES string of the molecule is CCCNC(c1cccc(Cl)c1)C(OCC)C(C)C. The van der Waals surface area contributed by atoms with E-state index in [1.807, 2.05) is 25.1 Å². The molecule has 0 aromatic heterocycles. The molecule has 0 aliphatic heterocycles. The van der Waals surface area contributed by atoms with Gasteiger partial charge in [0.1, 0.15) is 0 Å². The molecule has 0 aliphatic carbocycles. The Balaban J connectivity index is 2.97. The molecule has 0 spiro atoms. The normalized spacial score (nSPS) is 14.6. The number of rotatable bonds is 8. The lowest BCUT2D eigenvalue weighted by Gasteiger charge is -2.31. The van der Waals surface area contributed by atoms with Crippen LogP contribution in [0.3, 0.4) is 0 Å². The number of benzene rings is 1. The first-order valence-corrected chi connectivity index (χ1v) is 7.58. The lowest BCUT2D eigenvalue weighted by Crippen LogP contribution is -2.37. The van der Waals surface area contributed by atoms with E-state index >= 15 is 0 Å². The van der Waals surface area contributed by atoms with Crippen molar-refractivity contribution in [2.75, 3.05) is 13.2 Å². The first-order chi connectivity index (χ1) is 9.10. The van der Waals surface area contributed by atoms with Gasteiger partial charge in [0, 0.05) is 11.6 Å². The molecule has 1 rings (SSSR count). The number of hydrogen-bond acceptors (Lipinski definition) is 2. The average molecular weight is 284 g/mol. The van der Waals surface area contributed by atoms with E-state index in [1.165, 1.54) is 5.56 Å². The van der Waals surface area contributed by atoms with Gasteiger partial charge in [0.15, 0.2) is 0 Å². The summed E-state index contributed by atoms with van der Waals surface area (Å²) in [5, 5.41) is 4.37. The molecule has 1 aromatic carbocycles. The molecule has 0 fully saturated rings. The molecule has 19 heavy (non-hydrogen) atoms. The standard InChI is InChI=1S/C16H26ClNO/c1-5-10-18-15(16(12(3)4)19-6-2)13-8-7-9-14(17)11-13/h7-9,11-12,15-16,18H,5-6,10H2,1-4H3. The topological polar surface area (TPSA) is 21.3 Å². The molecule has 2 atom stereocenters. The molecular weight excluding hydrogens is 258 g/mol. The van der Waals surface area contributed by atoms with Crippen LogP contribution in [-0.4, -0.2) is 19.3 Å². The van der Waals surface area contributed by atoms with Crippen LogP contribution in [0.5, 0.6) is 0 Å². The fourth-order valence-electron chi connectivity index (χ4n) is 2.29. The monoisotopic (exact) mass is 283 g/mol. The molecule has 1 N–H and O–H groups in total. The van der Waals surface area contributed by atoms with E-state index in [0.717, 1.165) is 24.6 Å². The summed E-state index contributed by atoms with van der Waals surface area (Å²) in [6.45, 7) is 10.3. The van der Waals surface area contributed by atoms with Crippen molar-refractivity contribution in [3.05, 3.63) is 34.9 Å². The minimum absolute atomic E-state index is 0.162. The Hall–Kier alpha value is -0.570. The molecule has 0 saturated heterocycles. The molecule has 1 aromatic rings. The van der Waals surface area contributed by atoms with Crippen LogP contribution in [0.2, 0.25) is 5.02 Å². The largest absolute Gasteiger partial charge is 0.376 e. The van der Waals surface area contributed by atoms with Gasteiger partial charge in [-0.1, -0.05) is 44.5 Å². The average Bonchev–Trinajstić information content (AvgIpc) is 2.37. The van der Waals surface area contributed by atoms with Crippen LogP contribution >= 0.6 is 11.6 Å². The molecule has 3 heteroatoms. The molecule has 0 saturated carbocycles. The van der Waals surface area contributed by atoms with E-state index in [9.17, 15) is 0 Å². The van der Waals surface area contributed by atoms with E-state index in [1.54, 1.807) is 0 Å². The van der Waals surface area contributed by atoms with Crippen LogP contribution in [0, 0.1) is 5.92 Å². The van der Waals surface area contributed by atoms with Crippen LogP contribution in [0.25, 0.3) is 0 Å². The fourth-order valence-corrected chi connectivity index (χ4v) is 2.49. The Kier molecular flexibility index (Phi) is 7.44. The highest BCUT2D eigenvalue weighted by Crippen LogP contribution is 2.26. The maximum absolute atomic E-state index is 6.12. The Morgan fingerprint density at radius 3 is 2.53 bits per heavy atom. The molecule has 0 radical (unpaired) electrons. The van der Waals surface area contributed by atoms with Gasteiger partial charge >= 0.3 is 0 Å². The van der Waals surface area contributed by atoms with Crippen LogP contribution in [0.4, 0.5) is 0 Å². The van der Waals surface area contributed by atoms with Crippen molar-refractivity contribution >= 4 is 11.6 Å². The summed E-state index contributed by atoms with van der Waals surface area (Å²) in [5.41, 5.74) is 1.20. The summed E-state index contributed by atoms with van der Waals surface area (Å²) in [6, 6.07) is 8.25. The molecule has 108 valence electrons. The van der Waals surface area contributed by atoms with Crippen molar-refractivity contribution < 1.29 is 4.74 Å². The summed E-state index contributed by atoms with van der Waals surface area (Å²) < 4.78 is 5.95. The zero-order chi connectivity index (χ0) is 14.3. The second kappa shape index (κ2) is 8.57. The third-order valence-electron chi connectivity index (χ3n) is 3.17. The number of halogens is 1. The van der Waals surface area contributed by atoms with Crippen molar-refractivity contribution in [1.82, 2.24) is 5.32 Å². The predicted octanol–water partition coefficient (Wildman–Crippen LogP) is 4.44. The quantitative estimate of drug-likeness (QED) is 0.761. The van der Waals surface area contributed by atoms with E-state index in [-0.39, 0.29) is 12.1 Å². The van der Waals surface area contributed by atoms with Crippen molar-refractivity contribution in [3.8, 4) is 0 Å². The van der Waals surface area contributed by atoms with Gasteiger partial charge in [-0.3, -0.25) is 0 Å². The van der Waals surface area contributed by atoms with Crippen molar-refractivity contribution in [2.24, 2.45) is 5.92 Å². The second-order valence-corrected chi connectivity index (χ2v) is 5.59. The Bertz CT molecular complexity index is 368. The molecule has 2 unspecified atom stereocenters. The van der Waals surface area contributed by atoms with Gasteiger partial charge in [0.2, 0.25) is 0 Å². The van der Waals surface area contributed by atoms with Crippen molar-refractivity contribution in [3.63, 3.8) is 0 Å². The van der Waals surface area contributed by atoms with Crippen LogP contribution in [-0.2, 0) is 4.74 Å². The highest BCUT2D eigenvalue weighted by atomic mass is 35.5. The van der Waals surface area contributed by atoms with Crippen molar-refractivity contribution in [1.29, 1.82) is 0 Å². The molecule has 0 amide bonds. The van der Waals surface area contributed by atoms with Gasteiger partial charge in [-0.05, 0) is 43.5 Å². The van der Waals surface area contributed by atoms with Gasteiger partial charge in [0.25, 0.3) is 0 Å². The Morgan fingerprint density at radius 1 is 1.26 bits per heavy atom. The van der Waals surface area contributed by atoms with Crippen LogP contribution < -0.4 is 5.32 Å². The number of ether oxygens (including phenoxy) is 1. The molecule has 0 heterocycles. The third-order valence-corrected chi connectivity index (χ3v) is 3.40. The molecule has 0 bridgehead atoms. The fraction of sp³-hybridized carbons (Fsp3) is 0.625. The van der Waals surface area contributed by atoms with Crippen LogP contribution in [0.1, 0.15) is 45.7 Å². The first kappa shape index (κ1) is 16.5. The minimum Gasteiger partial charge on any atom is -0.376 e. The van der Waals surface area contributed by atoms with Crippen LogP contribution in [0.15, 0.2) is 24.3 Å². The lowest BCUT2D eigenvalue weighted by atomic mass is 9.93. The summed E-state index contributed by atoms with van der Waals surface area (Å²) in [6.07, 6.45) is 1.27. The zero-order valence-electron chi connectivity index (χ0n) is 12.4. The maximum atomic E-state index is 6.12. The minimum atomic E-state index is 0.162. The van der Waals surface area contributed by atoms with E-state index in [2.05, 4.69) is 32.2 Å². The zero-order valence-corrected chi connectivity index (χ0v) is 13.2. The number of nitrogens with one attached hydrogen (secondary N) is 1. The van der Waals surface area contributed by atoms with Crippen molar-refractivity contribution in [2.45, 2.75) is 46.3 Å². The Morgan fingerprint density at radius 2 is 2.00 bits per heavy atom. The van der Waals surface area contributed by atoms with Gasteiger partial charge in [-0.25, -0.2) is 0 Å². The number of hydrogen-bond donors (Lipinski definition) is 1. The van der Waals surface area contributed by atoms with E-state index in [4.69, 9.17) is 16.3 Å². The smallest absolute Gasteiger partial charge is 0.0792 e. The van der Waals surface area contributed by atoms with Gasteiger partial charge < -0.3 is 10.1 Å². The van der Waals surface area contributed by atoms with Gasteiger partial charge in [0.05, 0.1) is 12.1 Å². The van der Waals surface area contributed by atoms with Gasteiger partial charge in [-0.2, -0.15) is 0 Å². The first-order valence-electron chi connectivity index (χ1n) is 7.20. The summed E-state index contributed by atoms with van der Waals surface area (Å²) in [7, 11) is 0. The van der Waals surface area contributed by atoms with Gasteiger partial charge in [-0.15, -0.1) is 0 Å². The summed E-state index contributed by atoms with van der Waals surface area (Å²) in [4.78, 5) is 0. The maximum Gasteiger partial charge on any atom is 0.0792 e. The van der Waals surface area contributed by atoms with E-state index in [0.29, 0.717) is 5.92 Å². The third kappa shape index (κ3) is 5.13. The molecule has 2 nitrogen and oxygen atoms in total. The predicted molar refractivity (Wildman–Crippen MR) is 82.7 cm³/mol.